The number of nitrogens with zero attached hydrogens (tertiary/aromatic N) is 3. The molecule has 0 radical (unpaired) electrons. The van der Waals surface area contributed by atoms with E-state index in [0.717, 1.165) is 5.56 Å². The van der Waals surface area contributed by atoms with E-state index in [0.29, 0.717) is 33.7 Å². The number of amides is 1. The molecule has 0 aliphatic carbocycles. The molecule has 156 valence electrons. The number of rotatable bonds is 6. The maximum absolute atomic E-state index is 13.0. The Bertz CT molecular complexity index is 1220. The van der Waals surface area contributed by atoms with E-state index in [9.17, 15) is 4.79 Å². The van der Waals surface area contributed by atoms with Crippen molar-refractivity contribution < 1.29 is 14.3 Å². The first kappa shape index (κ1) is 20.4. The van der Waals surface area contributed by atoms with Crippen molar-refractivity contribution in [2.75, 3.05) is 19.5 Å². The van der Waals surface area contributed by atoms with Gasteiger partial charge in [0.05, 0.1) is 25.6 Å². The lowest BCUT2D eigenvalue weighted by molar-refractivity contribution is 0.101. The van der Waals surface area contributed by atoms with Gasteiger partial charge in [0.1, 0.15) is 11.5 Å². The maximum atomic E-state index is 13.0. The molecule has 4 rings (SSSR count). The Morgan fingerprint density at radius 1 is 0.968 bits per heavy atom. The number of nitrogens with one attached hydrogen (secondary N) is 1. The third kappa shape index (κ3) is 4.36. The molecule has 0 fully saturated rings. The van der Waals surface area contributed by atoms with Gasteiger partial charge in [0, 0.05) is 16.7 Å². The van der Waals surface area contributed by atoms with Crippen LogP contribution >= 0.6 is 11.6 Å². The van der Waals surface area contributed by atoms with Crippen LogP contribution < -0.4 is 14.8 Å². The highest BCUT2D eigenvalue weighted by atomic mass is 35.5. The van der Waals surface area contributed by atoms with Crippen LogP contribution in [0.5, 0.6) is 11.5 Å². The summed E-state index contributed by atoms with van der Waals surface area (Å²) < 4.78 is 12.1. The zero-order valence-electron chi connectivity index (χ0n) is 16.9. The zero-order valence-corrected chi connectivity index (χ0v) is 17.6. The Hall–Kier alpha value is -3.84. The molecular formula is C23H19ClN4O3. The first-order valence-electron chi connectivity index (χ1n) is 9.41. The molecule has 3 aromatic carbocycles. The molecule has 4 aromatic rings. The number of aromatic nitrogens is 3. The number of benzene rings is 3. The molecule has 1 N–H and O–H groups in total. The van der Waals surface area contributed by atoms with Crippen LogP contribution in [0.2, 0.25) is 5.02 Å². The fourth-order valence-corrected chi connectivity index (χ4v) is 3.23. The molecule has 0 saturated carbocycles. The van der Waals surface area contributed by atoms with Gasteiger partial charge < -0.3 is 14.8 Å². The maximum Gasteiger partial charge on any atom is 0.295 e. The van der Waals surface area contributed by atoms with Gasteiger partial charge in [-0.15, -0.1) is 5.10 Å². The van der Waals surface area contributed by atoms with Gasteiger partial charge in [0.2, 0.25) is 5.82 Å². The average molecular weight is 435 g/mol. The summed E-state index contributed by atoms with van der Waals surface area (Å²) >= 11 is 6.16. The van der Waals surface area contributed by atoms with Crippen molar-refractivity contribution in [1.82, 2.24) is 14.8 Å². The van der Waals surface area contributed by atoms with E-state index in [2.05, 4.69) is 15.4 Å². The highest BCUT2D eigenvalue weighted by Gasteiger charge is 2.20. The Labute approximate surface area is 184 Å². The zero-order chi connectivity index (χ0) is 21.8. The highest BCUT2D eigenvalue weighted by Crippen LogP contribution is 2.29. The number of methoxy groups -OCH3 is 2. The van der Waals surface area contributed by atoms with Crippen molar-refractivity contribution in [2.45, 2.75) is 0 Å². The third-order valence-electron chi connectivity index (χ3n) is 4.55. The number of halogens is 1. The molecule has 0 bridgehead atoms. The van der Waals surface area contributed by atoms with Gasteiger partial charge >= 0.3 is 0 Å². The molecule has 0 saturated heterocycles. The monoisotopic (exact) mass is 434 g/mol. The second-order valence-corrected chi connectivity index (χ2v) is 6.97. The molecule has 0 unspecified atom stereocenters. The summed E-state index contributed by atoms with van der Waals surface area (Å²) in [6.45, 7) is 0. The predicted molar refractivity (Wildman–Crippen MR) is 119 cm³/mol. The fourth-order valence-electron chi connectivity index (χ4n) is 3.05. The van der Waals surface area contributed by atoms with Gasteiger partial charge in [-0.1, -0.05) is 48.0 Å². The van der Waals surface area contributed by atoms with Crippen LogP contribution in [0.3, 0.4) is 0 Å². The fraction of sp³-hybridized carbons (Fsp3) is 0.0870. The first-order chi connectivity index (χ1) is 15.1. The lowest BCUT2D eigenvalue weighted by atomic mass is 10.2. The number of ether oxygens (including phenoxy) is 2. The Kier molecular flexibility index (Phi) is 5.86. The molecule has 0 aliphatic rings. The van der Waals surface area contributed by atoms with E-state index in [-0.39, 0.29) is 5.82 Å². The standard InChI is InChI=1S/C23H19ClN4O3/c1-30-18-11-12-19(20(14-18)31-2)25-23(29)21-26-22(15-7-4-3-5-8-15)28(27-21)17-10-6-9-16(24)13-17/h3-14H,1-2H3,(H,25,29). The summed E-state index contributed by atoms with van der Waals surface area (Å²) in [7, 11) is 3.08. The van der Waals surface area contributed by atoms with Crippen LogP contribution in [0.4, 0.5) is 5.69 Å². The van der Waals surface area contributed by atoms with Crippen molar-refractivity contribution in [3.63, 3.8) is 0 Å². The molecule has 1 amide bonds. The summed E-state index contributed by atoms with van der Waals surface area (Å²) in [6, 6.07) is 21.8. The predicted octanol–water partition coefficient (Wildman–Crippen LogP) is 4.86. The molecule has 0 spiro atoms. The molecule has 0 atom stereocenters. The van der Waals surface area contributed by atoms with E-state index in [1.807, 2.05) is 42.5 Å². The molecule has 0 aliphatic heterocycles. The van der Waals surface area contributed by atoms with Gasteiger partial charge in [-0.05, 0) is 30.3 Å². The van der Waals surface area contributed by atoms with Crippen molar-refractivity contribution in [3.05, 3.63) is 83.6 Å². The van der Waals surface area contributed by atoms with Crippen LogP contribution in [0.1, 0.15) is 10.6 Å². The van der Waals surface area contributed by atoms with E-state index >= 15 is 0 Å². The minimum absolute atomic E-state index is 0.0108. The van der Waals surface area contributed by atoms with Crippen LogP contribution in [0.15, 0.2) is 72.8 Å². The van der Waals surface area contributed by atoms with E-state index in [1.165, 1.54) is 7.11 Å². The highest BCUT2D eigenvalue weighted by molar-refractivity contribution is 6.30. The summed E-state index contributed by atoms with van der Waals surface area (Å²) in [4.78, 5) is 17.5. The van der Waals surface area contributed by atoms with Gasteiger partial charge in [0.25, 0.3) is 5.91 Å². The minimum Gasteiger partial charge on any atom is -0.497 e. The van der Waals surface area contributed by atoms with E-state index < -0.39 is 5.91 Å². The SMILES string of the molecule is COc1ccc(NC(=O)c2nc(-c3ccccc3)n(-c3cccc(Cl)c3)n2)c(OC)c1. The van der Waals surface area contributed by atoms with Crippen molar-refractivity contribution in [1.29, 1.82) is 0 Å². The smallest absolute Gasteiger partial charge is 0.295 e. The van der Waals surface area contributed by atoms with Crippen molar-refractivity contribution >= 4 is 23.2 Å². The first-order valence-corrected chi connectivity index (χ1v) is 9.78. The van der Waals surface area contributed by atoms with Crippen LogP contribution in [-0.4, -0.2) is 34.9 Å². The van der Waals surface area contributed by atoms with Crippen molar-refractivity contribution in [3.8, 4) is 28.6 Å². The average Bonchev–Trinajstić information content (AvgIpc) is 3.26. The van der Waals surface area contributed by atoms with Crippen LogP contribution in [0.25, 0.3) is 17.1 Å². The van der Waals surface area contributed by atoms with Gasteiger partial charge in [-0.3, -0.25) is 4.79 Å². The lowest BCUT2D eigenvalue weighted by Crippen LogP contribution is -2.15. The molecule has 7 nitrogen and oxygen atoms in total. The quantitative estimate of drug-likeness (QED) is 0.469. The number of carbonyl (C=O) groups excluding carboxylic acids is 1. The molecule has 31 heavy (non-hydrogen) atoms. The van der Waals surface area contributed by atoms with Crippen molar-refractivity contribution in [2.24, 2.45) is 0 Å². The Morgan fingerprint density at radius 3 is 2.48 bits per heavy atom. The topological polar surface area (TPSA) is 78.3 Å². The molecule has 8 heteroatoms. The summed E-state index contributed by atoms with van der Waals surface area (Å²) in [6.07, 6.45) is 0. The van der Waals surface area contributed by atoms with E-state index in [1.54, 1.807) is 42.1 Å². The van der Waals surface area contributed by atoms with E-state index in [4.69, 9.17) is 21.1 Å². The summed E-state index contributed by atoms with van der Waals surface area (Å²) in [5.74, 6) is 1.14. The molecule has 1 aromatic heterocycles. The Morgan fingerprint density at radius 2 is 1.77 bits per heavy atom. The minimum atomic E-state index is -0.471. The van der Waals surface area contributed by atoms with Crippen LogP contribution in [0, 0.1) is 0 Å². The third-order valence-corrected chi connectivity index (χ3v) is 4.79. The normalized spacial score (nSPS) is 10.5. The molecular weight excluding hydrogens is 416 g/mol. The summed E-state index contributed by atoms with van der Waals surface area (Å²) in [5, 5.41) is 7.81. The lowest BCUT2D eigenvalue weighted by Gasteiger charge is -2.10. The number of carbonyl (C=O) groups is 1. The number of anilines is 1. The van der Waals surface area contributed by atoms with Gasteiger partial charge in [-0.2, -0.15) is 0 Å². The van der Waals surface area contributed by atoms with Gasteiger partial charge in [-0.25, -0.2) is 9.67 Å². The largest absolute Gasteiger partial charge is 0.497 e. The second-order valence-electron chi connectivity index (χ2n) is 6.54. The second kappa shape index (κ2) is 8.89. The van der Waals surface area contributed by atoms with Crippen LogP contribution in [-0.2, 0) is 0 Å². The molecule has 1 heterocycles. The van der Waals surface area contributed by atoms with Gasteiger partial charge in [0.15, 0.2) is 5.82 Å². The Balaban J connectivity index is 1.73. The number of hydrogen-bond donors (Lipinski definition) is 1. The number of hydrogen-bond acceptors (Lipinski definition) is 5. The summed E-state index contributed by atoms with van der Waals surface area (Å²) in [5.41, 5.74) is 1.99.